The molecule has 4 rings (SSSR count). The molecule has 7 nitrogen and oxygen atoms in total. The number of fused-ring (bicyclic) bond motifs is 2. The minimum Gasteiger partial charge on any atom is -0.445 e. The Kier molecular flexibility index (Phi) is 6.90. The molecule has 1 aromatic rings. The van der Waals surface area contributed by atoms with Crippen LogP contribution in [0.5, 0.6) is 0 Å². The smallest absolute Gasteiger partial charge is 0.445 e. The van der Waals surface area contributed by atoms with Crippen molar-refractivity contribution in [2.75, 3.05) is 6.61 Å². The fourth-order valence-corrected chi connectivity index (χ4v) is 4.93. The highest BCUT2D eigenvalue weighted by Gasteiger charge is 2.47. The lowest BCUT2D eigenvalue weighted by Crippen LogP contribution is -2.47. The summed E-state index contributed by atoms with van der Waals surface area (Å²) in [6, 6.07) is 9.51. The lowest BCUT2D eigenvalue weighted by atomic mass is 9.91. The van der Waals surface area contributed by atoms with Crippen LogP contribution >= 0.6 is 0 Å². The molecule has 2 amide bonds. The van der Waals surface area contributed by atoms with Gasteiger partial charge in [0.1, 0.15) is 13.2 Å². The summed E-state index contributed by atoms with van der Waals surface area (Å²) in [6.45, 7) is 0.0427. The maximum Gasteiger partial charge on any atom is 0.522 e. The molecule has 3 aliphatic rings. The molecule has 3 aliphatic carbocycles. The van der Waals surface area contributed by atoms with Crippen LogP contribution in [0.1, 0.15) is 37.7 Å². The van der Waals surface area contributed by atoms with Crippen molar-refractivity contribution in [1.29, 1.82) is 0 Å². The summed E-state index contributed by atoms with van der Waals surface area (Å²) in [5.74, 6) is 0.286. The van der Waals surface area contributed by atoms with Crippen LogP contribution in [-0.4, -0.2) is 49.3 Å². The van der Waals surface area contributed by atoms with Gasteiger partial charge in [0.05, 0.1) is 12.2 Å². The van der Waals surface area contributed by atoms with Gasteiger partial charge in [-0.15, -0.1) is 13.2 Å². The summed E-state index contributed by atoms with van der Waals surface area (Å²) in [5, 5.41) is 5.90. The van der Waals surface area contributed by atoms with E-state index in [1.807, 2.05) is 30.3 Å². The summed E-state index contributed by atoms with van der Waals surface area (Å²) < 4.78 is 50.9. The zero-order valence-electron chi connectivity index (χ0n) is 17.5. The quantitative estimate of drug-likeness (QED) is 0.627. The van der Waals surface area contributed by atoms with Crippen LogP contribution < -0.4 is 10.6 Å². The van der Waals surface area contributed by atoms with Gasteiger partial charge in [0.25, 0.3) is 0 Å². The van der Waals surface area contributed by atoms with Crippen LogP contribution in [0.2, 0.25) is 0 Å². The molecule has 176 valence electrons. The van der Waals surface area contributed by atoms with Gasteiger partial charge >= 0.3 is 12.5 Å². The molecule has 0 unspecified atom stereocenters. The SMILES string of the molecule is O=C(COC1CC(OC(F)(F)F)C1)N[C@H]1C[C@H]2C[C@@H]1C[C@@H]2NC(=O)OCc1ccccc1. The topological polar surface area (TPSA) is 85.9 Å². The summed E-state index contributed by atoms with van der Waals surface area (Å²) >= 11 is 0. The number of ether oxygens (including phenoxy) is 3. The van der Waals surface area contributed by atoms with Gasteiger partial charge in [-0.3, -0.25) is 9.53 Å². The minimum atomic E-state index is -4.64. The molecule has 0 saturated heterocycles. The lowest BCUT2D eigenvalue weighted by Gasteiger charge is -2.35. The lowest BCUT2D eigenvalue weighted by molar-refractivity contribution is -0.357. The summed E-state index contributed by atoms with van der Waals surface area (Å²) in [4.78, 5) is 24.3. The van der Waals surface area contributed by atoms with Gasteiger partial charge in [-0.2, -0.15) is 0 Å². The van der Waals surface area contributed by atoms with E-state index in [0.29, 0.717) is 0 Å². The average Bonchev–Trinajstić information content (AvgIpc) is 3.28. The van der Waals surface area contributed by atoms with Gasteiger partial charge in [-0.25, -0.2) is 4.79 Å². The third kappa shape index (κ3) is 6.13. The molecular formula is C22H27F3N2O5. The normalized spacial score (nSPS) is 31.1. The van der Waals surface area contributed by atoms with E-state index in [-0.39, 0.29) is 62.0 Å². The average molecular weight is 456 g/mol. The Morgan fingerprint density at radius 2 is 1.56 bits per heavy atom. The monoisotopic (exact) mass is 456 g/mol. The molecule has 32 heavy (non-hydrogen) atoms. The van der Waals surface area contributed by atoms with E-state index >= 15 is 0 Å². The van der Waals surface area contributed by atoms with E-state index in [9.17, 15) is 22.8 Å². The fraction of sp³-hybridized carbons (Fsp3) is 0.636. The second-order valence-electron chi connectivity index (χ2n) is 8.80. The van der Waals surface area contributed by atoms with E-state index in [2.05, 4.69) is 15.4 Å². The van der Waals surface area contributed by atoms with Crippen molar-refractivity contribution in [2.45, 2.75) is 69.4 Å². The first kappa shape index (κ1) is 22.8. The Morgan fingerprint density at radius 3 is 2.19 bits per heavy atom. The fourth-order valence-electron chi connectivity index (χ4n) is 4.93. The van der Waals surface area contributed by atoms with E-state index < -0.39 is 18.6 Å². The maximum atomic E-state index is 12.2. The van der Waals surface area contributed by atoms with Crippen LogP contribution in [0.4, 0.5) is 18.0 Å². The predicted molar refractivity (Wildman–Crippen MR) is 106 cm³/mol. The van der Waals surface area contributed by atoms with Crippen LogP contribution in [0.3, 0.4) is 0 Å². The van der Waals surface area contributed by atoms with E-state index in [4.69, 9.17) is 9.47 Å². The molecule has 10 heteroatoms. The molecule has 4 atom stereocenters. The Hall–Kier alpha value is -2.33. The first-order valence-corrected chi connectivity index (χ1v) is 10.9. The van der Waals surface area contributed by atoms with Crippen LogP contribution in [0, 0.1) is 11.8 Å². The number of hydrogen-bond acceptors (Lipinski definition) is 5. The molecule has 0 heterocycles. The molecular weight excluding hydrogens is 429 g/mol. The molecule has 0 aliphatic heterocycles. The molecule has 0 radical (unpaired) electrons. The molecule has 0 aromatic heterocycles. The van der Waals surface area contributed by atoms with Crippen molar-refractivity contribution in [3.05, 3.63) is 35.9 Å². The highest BCUT2D eigenvalue weighted by molar-refractivity contribution is 5.77. The zero-order valence-corrected chi connectivity index (χ0v) is 17.5. The number of amides is 2. The molecule has 2 N–H and O–H groups in total. The van der Waals surface area contributed by atoms with E-state index in [0.717, 1.165) is 24.8 Å². The van der Waals surface area contributed by atoms with E-state index in [1.54, 1.807) is 0 Å². The molecule has 0 spiro atoms. The third-order valence-electron chi connectivity index (χ3n) is 6.52. The molecule has 1 aromatic carbocycles. The summed E-state index contributed by atoms with van der Waals surface area (Å²) in [5.41, 5.74) is 0.922. The number of alkyl carbamates (subject to hydrolysis) is 1. The first-order valence-electron chi connectivity index (χ1n) is 10.9. The van der Waals surface area contributed by atoms with Crippen molar-refractivity contribution in [2.24, 2.45) is 11.8 Å². The van der Waals surface area contributed by atoms with Crippen LogP contribution in [0.25, 0.3) is 0 Å². The first-order chi connectivity index (χ1) is 15.2. The second kappa shape index (κ2) is 9.66. The number of halogens is 3. The Bertz CT molecular complexity index is 801. The number of hydrogen-bond donors (Lipinski definition) is 2. The number of carbonyl (C=O) groups is 2. The van der Waals surface area contributed by atoms with Crippen LogP contribution in [0.15, 0.2) is 30.3 Å². The largest absolute Gasteiger partial charge is 0.522 e. The third-order valence-corrected chi connectivity index (χ3v) is 6.52. The summed E-state index contributed by atoms with van der Waals surface area (Å²) in [7, 11) is 0. The van der Waals surface area contributed by atoms with Gasteiger partial charge in [0, 0.05) is 24.9 Å². The number of rotatable bonds is 8. The molecule has 3 fully saturated rings. The van der Waals surface area contributed by atoms with E-state index in [1.165, 1.54) is 0 Å². The number of carbonyl (C=O) groups excluding carboxylic acids is 2. The minimum absolute atomic E-state index is 0.0252. The van der Waals surface area contributed by atoms with Gasteiger partial charge in [0.2, 0.25) is 5.91 Å². The van der Waals surface area contributed by atoms with Crippen LogP contribution in [-0.2, 0) is 25.6 Å². The second-order valence-corrected chi connectivity index (χ2v) is 8.80. The maximum absolute atomic E-state index is 12.2. The van der Waals surface area contributed by atoms with Gasteiger partial charge in [-0.05, 0) is 36.7 Å². The molecule has 3 saturated carbocycles. The zero-order chi connectivity index (χ0) is 22.7. The highest BCUT2D eigenvalue weighted by Crippen LogP contribution is 2.44. The van der Waals surface area contributed by atoms with Gasteiger partial charge in [0.15, 0.2) is 0 Å². The van der Waals surface area contributed by atoms with Crippen molar-refractivity contribution >= 4 is 12.0 Å². The Balaban J connectivity index is 1.10. The van der Waals surface area contributed by atoms with Crippen molar-refractivity contribution < 1.29 is 37.0 Å². The molecule has 2 bridgehead atoms. The van der Waals surface area contributed by atoms with Gasteiger partial charge in [-0.1, -0.05) is 30.3 Å². The van der Waals surface area contributed by atoms with Crippen molar-refractivity contribution in [1.82, 2.24) is 10.6 Å². The highest BCUT2D eigenvalue weighted by atomic mass is 19.4. The van der Waals surface area contributed by atoms with Crippen molar-refractivity contribution in [3.63, 3.8) is 0 Å². The Morgan fingerprint density at radius 1 is 0.906 bits per heavy atom. The number of benzene rings is 1. The predicted octanol–water partition coefficient (Wildman–Crippen LogP) is 3.28. The van der Waals surface area contributed by atoms with Gasteiger partial charge < -0.3 is 20.1 Å². The standard InChI is InChI=1S/C22H27F3N2O5/c23-22(24,25)32-17-9-16(10-17)30-12-20(28)26-18-7-15-6-14(18)8-19(15)27-21(29)31-11-13-4-2-1-3-5-13/h1-5,14-19H,6-12H2,(H,26,28)(H,27,29)/t14-,15-,16?,17?,18+,19+/m1/s1. The summed E-state index contributed by atoms with van der Waals surface area (Å²) in [6.07, 6.45) is -3.62. The number of nitrogens with one attached hydrogen (secondary N) is 2. The Labute approximate surface area is 184 Å². The van der Waals surface area contributed by atoms with Crippen molar-refractivity contribution in [3.8, 4) is 0 Å². The number of alkyl halides is 3.